The van der Waals surface area contributed by atoms with Crippen LogP contribution in [0, 0.1) is 0 Å². The minimum absolute atomic E-state index is 0.0225. The van der Waals surface area contributed by atoms with E-state index in [1.165, 1.54) is 0 Å². The number of nitrogens with zero attached hydrogens (tertiary/aromatic N) is 1. The molecule has 1 atom stereocenters. The van der Waals surface area contributed by atoms with Crippen LogP contribution in [-0.2, 0) is 4.79 Å². The lowest BCUT2D eigenvalue weighted by molar-refractivity contribution is -0.117. The Morgan fingerprint density at radius 3 is 2.55 bits per heavy atom. The summed E-state index contributed by atoms with van der Waals surface area (Å²) >= 11 is 0. The number of nitrogens with one attached hydrogen (secondary N) is 1. The minimum Gasteiger partial charge on any atom is -0.481 e. The lowest BCUT2D eigenvalue weighted by Crippen LogP contribution is -2.20. The molecule has 0 bridgehead atoms. The second-order valence-electron chi connectivity index (χ2n) is 4.45. The Kier molecular flexibility index (Phi) is 4.71. The van der Waals surface area contributed by atoms with Crippen molar-refractivity contribution in [2.75, 3.05) is 12.4 Å². The van der Waals surface area contributed by atoms with Gasteiger partial charge in [0.05, 0.1) is 24.9 Å². The Balaban J connectivity index is 2.09. The number of rotatable bonds is 5. The molecule has 4 heteroatoms. The predicted molar refractivity (Wildman–Crippen MR) is 78.9 cm³/mol. The summed E-state index contributed by atoms with van der Waals surface area (Å²) in [7, 11) is 1.56. The van der Waals surface area contributed by atoms with Crippen molar-refractivity contribution in [2.45, 2.75) is 19.3 Å². The zero-order valence-corrected chi connectivity index (χ0v) is 11.7. The van der Waals surface area contributed by atoms with Crippen LogP contribution in [0.2, 0.25) is 0 Å². The fraction of sp³-hybridized carbons (Fsp3) is 0.250. The van der Waals surface area contributed by atoms with E-state index in [0.29, 0.717) is 11.6 Å². The molecule has 4 nitrogen and oxygen atoms in total. The van der Waals surface area contributed by atoms with Crippen LogP contribution in [0.3, 0.4) is 0 Å². The zero-order chi connectivity index (χ0) is 14.4. The average Bonchev–Trinajstić information content (AvgIpc) is 2.50. The van der Waals surface area contributed by atoms with E-state index in [1.807, 2.05) is 37.3 Å². The highest BCUT2D eigenvalue weighted by molar-refractivity contribution is 5.95. The van der Waals surface area contributed by atoms with Crippen molar-refractivity contribution in [1.82, 2.24) is 4.98 Å². The van der Waals surface area contributed by atoms with Crippen molar-refractivity contribution in [3.05, 3.63) is 54.2 Å². The number of hydrogen-bond donors (Lipinski definition) is 1. The number of anilines is 1. The molecule has 1 aromatic heterocycles. The Labute approximate surface area is 118 Å². The van der Waals surface area contributed by atoms with Crippen LogP contribution in [0.15, 0.2) is 48.7 Å². The largest absolute Gasteiger partial charge is 0.481 e. The molecule has 0 fully saturated rings. The molecular formula is C16H18N2O2. The van der Waals surface area contributed by atoms with Crippen molar-refractivity contribution in [3.8, 4) is 5.88 Å². The number of hydrogen-bond acceptors (Lipinski definition) is 3. The van der Waals surface area contributed by atoms with Gasteiger partial charge in [0.25, 0.3) is 0 Å². The second-order valence-corrected chi connectivity index (χ2v) is 4.45. The van der Waals surface area contributed by atoms with Gasteiger partial charge in [-0.3, -0.25) is 4.79 Å². The molecule has 104 valence electrons. The Hall–Kier alpha value is -2.36. The van der Waals surface area contributed by atoms with Gasteiger partial charge < -0.3 is 10.1 Å². The van der Waals surface area contributed by atoms with Gasteiger partial charge >= 0.3 is 0 Å². The fourth-order valence-electron chi connectivity index (χ4n) is 2.06. The summed E-state index contributed by atoms with van der Waals surface area (Å²) in [5, 5.41) is 2.89. The third-order valence-electron chi connectivity index (χ3n) is 3.14. The summed E-state index contributed by atoms with van der Waals surface area (Å²) in [6.07, 6.45) is 2.34. The molecule has 2 rings (SSSR count). The SMILES string of the molecule is CCC(C(=O)Nc1ccc(OC)nc1)c1ccccc1. The first-order chi connectivity index (χ1) is 9.74. The maximum absolute atomic E-state index is 12.3. The molecule has 0 aliphatic heterocycles. The number of aromatic nitrogens is 1. The molecule has 1 N–H and O–H groups in total. The quantitative estimate of drug-likeness (QED) is 0.907. The van der Waals surface area contributed by atoms with E-state index >= 15 is 0 Å². The van der Waals surface area contributed by atoms with E-state index < -0.39 is 0 Å². The molecule has 1 amide bonds. The molecule has 0 aliphatic carbocycles. The molecule has 0 spiro atoms. The highest BCUT2D eigenvalue weighted by Crippen LogP contribution is 2.21. The maximum atomic E-state index is 12.3. The van der Waals surface area contributed by atoms with Crippen LogP contribution in [-0.4, -0.2) is 18.0 Å². The summed E-state index contributed by atoms with van der Waals surface area (Å²) < 4.78 is 4.99. The first-order valence-corrected chi connectivity index (χ1v) is 6.60. The summed E-state index contributed by atoms with van der Waals surface area (Å²) in [6, 6.07) is 13.3. The van der Waals surface area contributed by atoms with Gasteiger partial charge in [0.15, 0.2) is 0 Å². The van der Waals surface area contributed by atoms with Crippen LogP contribution in [0.25, 0.3) is 0 Å². The van der Waals surface area contributed by atoms with E-state index in [4.69, 9.17) is 4.74 Å². The third-order valence-corrected chi connectivity index (χ3v) is 3.14. The van der Waals surface area contributed by atoms with Crippen molar-refractivity contribution < 1.29 is 9.53 Å². The summed E-state index contributed by atoms with van der Waals surface area (Å²) in [4.78, 5) is 16.4. The molecule has 0 saturated heterocycles. The fourth-order valence-corrected chi connectivity index (χ4v) is 2.06. The van der Waals surface area contributed by atoms with E-state index in [-0.39, 0.29) is 11.8 Å². The van der Waals surface area contributed by atoms with E-state index in [1.54, 1.807) is 25.4 Å². The number of amides is 1. The number of ether oxygens (including phenoxy) is 1. The molecule has 0 radical (unpaired) electrons. The van der Waals surface area contributed by atoms with Crippen molar-refractivity contribution in [1.29, 1.82) is 0 Å². The Morgan fingerprint density at radius 1 is 1.25 bits per heavy atom. The first kappa shape index (κ1) is 14.1. The Morgan fingerprint density at radius 2 is 2.00 bits per heavy atom. The highest BCUT2D eigenvalue weighted by Gasteiger charge is 2.18. The van der Waals surface area contributed by atoms with Gasteiger partial charge in [-0.2, -0.15) is 0 Å². The molecule has 20 heavy (non-hydrogen) atoms. The van der Waals surface area contributed by atoms with Gasteiger partial charge in [0.2, 0.25) is 11.8 Å². The molecule has 1 aromatic carbocycles. The van der Waals surface area contributed by atoms with Crippen molar-refractivity contribution in [2.24, 2.45) is 0 Å². The molecule has 2 aromatic rings. The Bertz CT molecular complexity index is 552. The topological polar surface area (TPSA) is 51.2 Å². The number of pyridine rings is 1. The molecule has 1 unspecified atom stereocenters. The number of benzene rings is 1. The lowest BCUT2D eigenvalue weighted by Gasteiger charge is -2.15. The van der Waals surface area contributed by atoms with Crippen molar-refractivity contribution in [3.63, 3.8) is 0 Å². The lowest BCUT2D eigenvalue weighted by atomic mass is 9.95. The van der Waals surface area contributed by atoms with Crippen LogP contribution in [0.5, 0.6) is 5.88 Å². The summed E-state index contributed by atoms with van der Waals surface area (Å²) in [5.74, 6) is 0.349. The standard InChI is InChI=1S/C16H18N2O2/c1-3-14(12-7-5-4-6-8-12)16(19)18-13-9-10-15(20-2)17-11-13/h4-11,14H,3H2,1-2H3,(H,18,19). The van der Waals surface area contributed by atoms with Crippen LogP contribution in [0.4, 0.5) is 5.69 Å². The molecule has 0 saturated carbocycles. The van der Waals surface area contributed by atoms with Crippen molar-refractivity contribution >= 4 is 11.6 Å². The number of carbonyl (C=O) groups is 1. The summed E-state index contributed by atoms with van der Waals surface area (Å²) in [5.41, 5.74) is 1.69. The van der Waals surface area contributed by atoms with Gasteiger partial charge in [-0.1, -0.05) is 37.3 Å². The second kappa shape index (κ2) is 6.70. The van der Waals surface area contributed by atoms with Crippen LogP contribution >= 0.6 is 0 Å². The minimum atomic E-state index is -0.154. The molecular weight excluding hydrogens is 252 g/mol. The number of methoxy groups -OCH3 is 1. The number of carbonyl (C=O) groups excluding carboxylic acids is 1. The smallest absolute Gasteiger partial charge is 0.231 e. The zero-order valence-electron chi connectivity index (χ0n) is 11.7. The monoisotopic (exact) mass is 270 g/mol. The molecule has 0 aliphatic rings. The van der Waals surface area contributed by atoms with Crippen LogP contribution in [0.1, 0.15) is 24.8 Å². The first-order valence-electron chi connectivity index (χ1n) is 6.60. The molecule has 1 heterocycles. The van der Waals surface area contributed by atoms with Crippen LogP contribution < -0.4 is 10.1 Å². The highest BCUT2D eigenvalue weighted by atomic mass is 16.5. The van der Waals surface area contributed by atoms with Gasteiger partial charge in [-0.25, -0.2) is 4.98 Å². The van der Waals surface area contributed by atoms with Gasteiger partial charge in [-0.05, 0) is 18.1 Å². The third kappa shape index (κ3) is 3.35. The van der Waals surface area contributed by atoms with Gasteiger partial charge in [0, 0.05) is 6.07 Å². The van der Waals surface area contributed by atoms with E-state index in [2.05, 4.69) is 10.3 Å². The average molecular weight is 270 g/mol. The maximum Gasteiger partial charge on any atom is 0.231 e. The normalized spacial score (nSPS) is 11.7. The van der Waals surface area contributed by atoms with Gasteiger partial charge in [-0.15, -0.1) is 0 Å². The van der Waals surface area contributed by atoms with E-state index in [0.717, 1.165) is 12.0 Å². The summed E-state index contributed by atoms with van der Waals surface area (Å²) in [6.45, 7) is 2.00. The van der Waals surface area contributed by atoms with E-state index in [9.17, 15) is 4.79 Å². The van der Waals surface area contributed by atoms with Gasteiger partial charge in [0.1, 0.15) is 0 Å². The predicted octanol–water partition coefficient (Wildman–Crippen LogP) is 3.22.